The van der Waals surface area contributed by atoms with Crippen LogP contribution in [-0.2, 0) is 0 Å². The minimum atomic E-state index is 1.02. The number of rotatable bonds is 6. The monoisotopic (exact) mass is 264 g/mol. The molecule has 0 radical (unpaired) electrons. The van der Waals surface area contributed by atoms with E-state index in [0.717, 1.165) is 23.7 Å². The van der Waals surface area contributed by atoms with Gasteiger partial charge in [0.2, 0.25) is 0 Å². The Bertz CT molecular complexity index is 216. The van der Waals surface area contributed by atoms with Gasteiger partial charge in [0.25, 0.3) is 0 Å². The average molecular weight is 264 g/mol. The Morgan fingerprint density at radius 3 is 1.84 bits per heavy atom. The van der Waals surface area contributed by atoms with E-state index in [1.165, 1.54) is 44.9 Å². The molecule has 0 N–H and O–H groups in total. The summed E-state index contributed by atoms with van der Waals surface area (Å²) in [5.74, 6) is 4.33. The van der Waals surface area contributed by atoms with Crippen LogP contribution in [0.15, 0.2) is 0 Å². The van der Waals surface area contributed by atoms with Crippen LogP contribution < -0.4 is 0 Å². The zero-order valence-electron chi connectivity index (χ0n) is 13.5. The van der Waals surface area contributed by atoms with Crippen LogP contribution in [0.1, 0.15) is 97.3 Å². The van der Waals surface area contributed by atoms with Crippen LogP contribution in [0.5, 0.6) is 0 Å². The molecule has 0 atom stereocenters. The van der Waals surface area contributed by atoms with Crippen molar-refractivity contribution in [2.75, 3.05) is 0 Å². The maximum absolute atomic E-state index is 2.45. The minimum absolute atomic E-state index is 1.02. The van der Waals surface area contributed by atoms with Crippen molar-refractivity contribution in [1.82, 2.24) is 0 Å². The number of hydrogen-bond donors (Lipinski definition) is 0. The molecule has 0 aromatic rings. The highest BCUT2D eigenvalue weighted by molar-refractivity contribution is 4.81. The fraction of sp³-hybridized carbons (Fsp3) is 1.00. The summed E-state index contributed by atoms with van der Waals surface area (Å²) in [4.78, 5) is 0. The van der Waals surface area contributed by atoms with Crippen LogP contribution in [0.25, 0.3) is 0 Å². The molecule has 2 saturated carbocycles. The molecule has 0 spiro atoms. The standard InChI is InChI=1S/C19H36/c1-3-4-5-6-7-17-10-14-19(15-11-17)18-12-8-16(2)9-13-18/h16-19H,3-15H2,1-2H3/t16-,17-,18-,19-. The smallest absolute Gasteiger partial charge is 0.0386 e. The lowest BCUT2D eigenvalue weighted by Crippen LogP contribution is -2.25. The number of hydrogen-bond acceptors (Lipinski definition) is 0. The van der Waals surface area contributed by atoms with E-state index in [0.29, 0.717) is 0 Å². The summed E-state index contributed by atoms with van der Waals surface area (Å²) >= 11 is 0. The van der Waals surface area contributed by atoms with E-state index >= 15 is 0 Å². The third-order valence-electron chi connectivity index (χ3n) is 6.08. The molecule has 0 bridgehead atoms. The predicted octanol–water partition coefficient (Wildman–Crippen LogP) is 6.59. The van der Waals surface area contributed by atoms with Gasteiger partial charge in [0.15, 0.2) is 0 Å². The third kappa shape index (κ3) is 5.12. The molecule has 2 rings (SSSR count). The van der Waals surface area contributed by atoms with Gasteiger partial charge in [-0.3, -0.25) is 0 Å². The Labute approximate surface area is 121 Å². The van der Waals surface area contributed by atoms with Crippen LogP contribution in [0.3, 0.4) is 0 Å². The van der Waals surface area contributed by atoms with Gasteiger partial charge in [-0.05, 0) is 49.4 Å². The van der Waals surface area contributed by atoms with Gasteiger partial charge in [-0.15, -0.1) is 0 Å². The van der Waals surface area contributed by atoms with Crippen LogP contribution in [0.4, 0.5) is 0 Å². The van der Waals surface area contributed by atoms with Crippen molar-refractivity contribution in [3.63, 3.8) is 0 Å². The molecule has 0 saturated heterocycles. The van der Waals surface area contributed by atoms with Crippen molar-refractivity contribution in [3.05, 3.63) is 0 Å². The van der Waals surface area contributed by atoms with Crippen molar-refractivity contribution < 1.29 is 0 Å². The molecule has 0 heteroatoms. The molecule has 0 unspecified atom stereocenters. The fourth-order valence-electron chi connectivity index (χ4n) is 4.57. The second-order valence-electron chi connectivity index (χ2n) is 7.65. The number of unbranched alkanes of at least 4 members (excludes halogenated alkanes) is 3. The maximum atomic E-state index is 2.45. The van der Waals surface area contributed by atoms with Gasteiger partial charge in [0, 0.05) is 0 Å². The Hall–Kier alpha value is 0. The van der Waals surface area contributed by atoms with Crippen LogP contribution >= 0.6 is 0 Å². The Morgan fingerprint density at radius 1 is 0.684 bits per heavy atom. The van der Waals surface area contributed by atoms with E-state index in [1.54, 1.807) is 38.5 Å². The normalized spacial score (nSPS) is 36.3. The van der Waals surface area contributed by atoms with Crippen LogP contribution in [-0.4, -0.2) is 0 Å². The quantitative estimate of drug-likeness (QED) is 0.475. The summed E-state index contributed by atoms with van der Waals surface area (Å²) in [7, 11) is 0. The summed E-state index contributed by atoms with van der Waals surface area (Å²) in [5.41, 5.74) is 0. The van der Waals surface area contributed by atoms with Crippen LogP contribution in [0, 0.1) is 23.7 Å². The SMILES string of the molecule is CCCCCC[C@H]1CC[C@H]([C@H]2CC[C@H](C)CC2)CC1. The molecular weight excluding hydrogens is 228 g/mol. The first-order chi connectivity index (χ1) is 9.29. The zero-order valence-corrected chi connectivity index (χ0v) is 13.5. The first kappa shape index (κ1) is 15.4. The molecule has 0 aliphatic heterocycles. The van der Waals surface area contributed by atoms with Crippen molar-refractivity contribution in [2.45, 2.75) is 97.3 Å². The van der Waals surface area contributed by atoms with E-state index in [2.05, 4.69) is 13.8 Å². The van der Waals surface area contributed by atoms with Gasteiger partial charge in [-0.1, -0.05) is 71.6 Å². The molecule has 2 aliphatic rings. The minimum Gasteiger partial charge on any atom is -0.0654 e. The lowest BCUT2D eigenvalue weighted by atomic mass is 9.69. The summed E-state index contributed by atoms with van der Waals surface area (Å²) < 4.78 is 0. The summed E-state index contributed by atoms with van der Waals surface area (Å²) in [6, 6.07) is 0. The highest BCUT2D eigenvalue weighted by Crippen LogP contribution is 2.42. The molecule has 19 heavy (non-hydrogen) atoms. The summed E-state index contributed by atoms with van der Waals surface area (Å²) in [5, 5.41) is 0. The Balaban J connectivity index is 1.59. The maximum Gasteiger partial charge on any atom is -0.0386 e. The highest BCUT2D eigenvalue weighted by atomic mass is 14.3. The molecule has 0 nitrogen and oxygen atoms in total. The van der Waals surface area contributed by atoms with E-state index in [1.807, 2.05) is 0 Å². The highest BCUT2D eigenvalue weighted by Gasteiger charge is 2.29. The van der Waals surface area contributed by atoms with E-state index < -0.39 is 0 Å². The molecule has 112 valence electrons. The van der Waals surface area contributed by atoms with Gasteiger partial charge in [-0.25, -0.2) is 0 Å². The topological polar surface area (TPSA) is 0 Å². The van der Waals surface area contributed by atoms with E-state index in [4.69, 9.17) is 0 Å². The van der Waals surface area contributed by atoms with Gasteiger partial charge in [-0.2, -0.15) is 0 Å². The molecular formula is C19H36. The first-order valence-electron chi connectivity index (χ1n) is 9.29. The van der Waals surface area contributed by atoms with Crippen molar-refractivity contribution in [2.24, 2.45) is 23.7 Å². The summed E-state index contributed by atoms with van der Waals surface area (Å²) in [6.07, 6.45) is 19.7. The van der Waals surface area contributed by atoms with Crippen molar-refractivity contribution in [3.8, 4) is 0 Å². The second kappa shape index (κ2) is 8.32. The predicted molar refractivity (Wildman–Crippen MR) is 85.3 cm³/mol. The molecule has 0 heterocycles. The van der Waals surface area contributed by atoms with E-state index in [-0.39, 0.29) is 0 Å². The molecule has 0 aromatic heterocycles. The Kier molecular flexibility index (Phi) is 6.74. The van der Waals surface area contributed by atoms with Gasteiger partial charge in [0.05, 0.1) is 0 Å². The first-order valence-corrected chi connectivity index (χ1v) is 9.29. The molecule has 2 fully saturated rings. The fourth-order valence-corrected chi connectivity index (χ4v) is 4.57. The second-order valence-corrected chi connectivity index (χ2v) is 7.65. The van der Waals surface area contributed by atoms with E-state index in [9.17, 15) is 0 Å². The third-order valence-corrected chi connectivity index (χ3v) is 6.08. The van der Waals surface area contributed by atoms with Crippen molar-refractivity contribution >= 4 is 0 Å². The summed E-state index contributed by atoms with van der Waals surface area (Å²) in [6.45, 7) is 4.76. The van der Waals surface area contributed by atoms with Gasteiger partial charge in [0.1, 0.15) is 0 Å². The zero-order chi connectivity index (χ0) is 13.5. The van der Waals surface area contributed by atoms with Gasteiger partial charge < -0.3 is 0 Å². The van der Waals surface area contributed by atoms with Gasteiger partial charge >= 0.3 is 0 Å². The largest absolute Gasteiger partial charge is 0.0654 e. The Morgan fingerprint density at radius 2 is 1.26 bits per heavy atom. The van der Waals surface area contributed by atoms with Crippen molar-refractivity contribution in [1.29, 1.82) is 0 Å². The lowest BCUT2D eigenvalue weighted by Gasteiger charge is -2.37. The van der Waals surface area contributed by atoms with Crippen LogP contribution in [0.2, 0.25) is 0 Å². The molecule has 2 aliphatic carbocycles. The molecule has 0 aromatic carbocycles. The molecule has 0 amide bonds. The average Bonchev–Trinajstić information content (AvgIpc) is 2.45. The lowest BCUT2D eigenvalue weighted by molar-refractivity contribution is 0.146.